The number of benzene rings is 2. The molecule has 1 N–H and O–H groups in total. The van der Waals surface area contributed by atoms with Gasteiger partial charge in [0, 0.05) is 12.0 Å². The Bertz CT molecular complexity index is 432. The van der Waals surface area contributed by atoms with Crippen molar-refractivity contribution in [3.63, 3.8) is 0 Å². The van der Waals surface area contributed by atoms with Gasteiger partial charge in [0.2, 0.25) is 0 Å². The lowest BCUT2D eigenvalue weighted by Gasteiger charge is -2.25. The van der Waals surface area contributed by atoms with Crippen LogP contribution in [0.2, 0.25) is 0 Å². The van der Waals surface area contributed by atoms with Gasteiger partial charge in [0.15, 0.2) is 0 Å². The summed E-state index contributed by atoms with van der Waals surface area (Å²) in [5, 5.41) is 3.65. The summed E-state index contributed by atoms with van der Waals surface area (Å²) in [7, 11) is 0. The third kappa shape index (κ3) is 2.32. The van der Waals surface area contributed by atoms with Gasteiger partial charge in [-0.3, -0.25) is 0 Å². The summed E-state index contributed by atoms with van der Waals surface area (Å²) in [5.74, 6) is 0.481. The predicted octanol–water partition coefficient (Wildman–Crippen LogP) is 3.57. The van der Waals surface area contributed by atoms with Gasteiger partial charge < -0.3 is 5.32 Å². The minimum absolute atomic E-state index is 0.481. The fraction of sp³-hybridized carbons (Fsp3) is 0.294. The van der Waals surface area contributed by atoms with Crippen LogP contribution in [0.3, 0.4) is 0 Å². The first-order valence-electron chi connectivity index (χ1n) is 6.78. The van der Waals surface area contributed by atoms with Crippen LogP contribution in [0.4, 0.5) is 0 Å². The van der Waals surface area contributed by atoms with Crippen molar-refractivity contribution >= 4 is 0 Å². The van der Waals surface area contributed by atoms with Crippen molar-refractivity contribution in [2.45, 2.75) is 24.8 Å². The van der Waals surface area contributed by atoms with E-state index in [2.05, 4.69) is 66.0 Å². The number of hydrogen-bond donors (Lipinski definition) is 1. The Morgan fingerprint density at radius 2 is 1.39 bits per heavy atom. The molecule has 2 aromatic rings. The van der Waals surface area contributed by atoms with Crippen LogP contribution >= 0.6 is 0 Å². The van der Waals surface area contributed by atoms with Gasteiger partial charge in [0.05, 0.1) is 0 Å². The molecule has 1 aliphatic heterocycles. The summed E-state index contributed by atoms with van der Waals surface area (Å²) in [6.45, 7) is 1.15. The first kappa shape index (κ1) is 11.5. The van der Waals surface area contributed by atoms with E-state index < -0.39 is 0 Å². The second-order valence-corrected chi connectivity index (χ2v) is 5.00. The molecule has 0 aliphatic carbocycles. The first-order chi connectivity index (χ1) is 8.95. The van der Waals surface area contributed by atoms with Crippen LogP contribution in [-0.4, -0.2) is 12.6 Å². The SMILES string of the molecule is c1ccc(C(c2ccccc2)[C@H]2CCCN2)cc1. The van der Waals surface area contributed by atoms with Gasteiger partial charge in [-0.1, -0.05) is 60.7 Å². The molecular weight excluding hydrogens is 218 g/mol. The van der Waals surface area contributed by atoms with Crippen molar-refractivity contribution in [3.8, 4) is 0 Å². The fourth-order valence-electron chi connectivity index (χ4n) is 2.97. The van der Waals surface area contributed by atoms with Crippen LogP contribution in [0.1, 0.15) is 29.9 Å². The smallest absolute Gasteiger partial charge is 0.0243 e. The van der Waals surface area contributed by atoms with E-state index in [1.165, 1.54) is 24.0 Å². The van der Waals surface area contributed by atoms with Gasteiger partial charge in [-0.25, -0.2) is 0 Å². The van der Waals surface area contributed by atoms with Crippen LogP contribution in [0.15, 0.2) is 60.7 Å². The normalized spacial score (nSPS) is 19.3. The molecule has 1 atom stereocenters. The van der Waals surface area contributed by atoms with Crippen molar-refractivity contribution < 1.29 is 0 Å². The highest BCUT2D eigenvalue weighted by molar-refractivity contribution is 5.34. The van der Waals surface area contributed by atoms with Crippen LogP contribution in [0.5, 0.6) is 0 Å². The van der Waals surface area contributed by atoms with Gasteiger partial charge in [-0.15, -0.1) is 0 Å². The largest absolute Gasteiger partial charge is 0.313 e. The lowest BCUT2D eigenvalue weighted by Crippen LogP contribution is -2.29. The quantitative estimate of drug-likeness (QED) is 0.860. The summed E-state index contributed by atoms with van der Waals surface area (Å²) >= 11 is 0. The monoisotopic (exact) mass is 237 g/mol. The molecule has 0 saturated carbocycles. The fourth-order valence-corrected chi connectivity index (χ4v) is 2.97. The topological polar surface area (TPSA) is 12.0 Å². The molecule has 1 nitrogen and oxygen atoms in total. The molecule has 1 heterocycles. The predicted molar refractivity (Wildman–Crippen MR) is 75.8 cm³/mol. The average molecular weight is 237 g/mol. The molecule has 18 heavy (non-hydrogen) atoms. The Morgan fingerprint density at radius 3 is 1.83 bits per heavy atom. The van der Waals surface area contributed by atoms with E-state index in [0.717, 1.165) is 6.54 Å². The van der Waals surface area contributed by atoms with Crippen LogP contribution < -0.4 is 5.32 Å². The molecule has 2 aromatic carbocycles. The number of nitrogens with one attached hydrogen (secondary N) is 1. The highest BCUT2D eigenvalue weighted by Crippen LogP contribution is 2.31. The first-order valence-corrected chi connectivity index (χ1v) is 6.78. The Labute approximate surface area is 109 Å². The molecule has 1 aliphatic rings. The summed E-state index contributed by atoms with van der Waals surface area (Å²) in [6.07, 6.45) is 2.56. The lowest BCUT2D eigenvalue weighted by molar-refractivity contribution is 0.540. The zero-order chi connectivity index (χ0) is 12.2. The third-order valence-corrected chi connectivity index (χ3v) is 3.82. The molecule has 1 heteroatoms. The van der Waals surface area contributed by atoms with Crippen molar-refractivity contribution in [3.05, 3.63) is 71.8 Å². The summed E-state index contributed by atoms with van der Waals surface area (Å²) in [5.41, 5.74) is 2.84. The molecule has 1 saturated heterocycles. The lowest BCUT2D eigenvalue weighted by atomic mass is 9.84. The van der Waals surface area contributed by atoms with E-state index >= 15 is 0 Å². The van der Waals surface area contributed by atoms with Crippen molar-refractivity contribution in [1.82, 2.24) is 5.32 Å². The van der Waals surface area contributed by atoms with Crippen LogP contribution in [-0.2, 0) is 0 Å². The maximum atomic E-state index is 3.65. The van der Waals surface area contributed by atoms with Gasteiger partial charge in [0.1, 0.15) is 0 Å². The van der Waals surface area contributed by atoms with E-state index in [1.54, 1.807) is 0 Å². The molecule has 0 bridgehead atoms. The average Bonchev–Trinajstić information content (AvgIpc) is 2.95. The van der Waals surface area contributed by atoms with E-state index in [1.807, 2.05) is 0 Å². The van der Waals surface area contributed by atoms with E-state index in [0.29, 0.717) is 12.0 Å². The summed E-state index contributed by atoms with van der Waals surface area (Å²) < 4.78 is 0. The molecule has 0 amide bonds. The number of hydrogen-bond acceptors (Lipinski definition) is 1. The molecular formula is C17H19N. The van der Waals surface area contributed by atoms with Crippen molar-refractivity contribution in [1.29, 1.82) is 0 Å². The van der Waals surface area contributed by atoms with E-state index in [9.17, 15) is 0 Å². The maximum Gasteiger partial charge on any atom is 0.0243 e. The molecule has 0 radical (unpaired) electrons. The van der Waals surface area contributed by atoms with E-state index in [-0.39, 0.29) is 0 Å². The molecule has 0 aromatic heterocycles. The molecule has 0 spiro atoms. The molecule has 92 valence electrons. The van der Waals surface area contributed by atoms with Gasteiger partial charge in [-0.05, 0) is 30.5 Å². The minimum Gasteiger partial charge on any atom is -0.313 e. The Morgan fingerprint density at radius 1 is 0.833 bits per heavy atom. The summed E-state index contributed by atoms with van der Waals surface area (Å²) in [4.78, 5) is 0. The summed E-state index contributed by atoms with van der Waals surface area (Å²) in [6, 6.07) is 22.3. The second-order valence-electron chi connectivity index (χ2n) is 5.00. The highest BCUT2D eigenvalue weighted by atomic mass is 14.9. The highest BCUT2D eigenvalue weighted by Gasteiger charge is 2.26. The third-order valence-electron chi connectivity index (χ3n) is 3.82. The van der Waals surface area contributed by atoms with Gasteiger partial charge in [0.25, 0.3) is 0 Å². The zero-order valence-electron chi connectivity index (χ0n) is 10.5. The van der Waals surface area contributed by atoms with Crippen LogP contribution in [0.25, 0.3) is 0 Å². The standard InChI is InChI=1S/C17H19N/c1-3-8-14(9-4-1)17(16-12-7-13-18-16)15-10-5-2-6-11-15/h1-6,8-11,16-18H,7,12-13H2/t16-/m1/s1. The molecule has 3 rings (SSSR count). The molecule has 0 unspecified atom stereocenters. The van der Waals surface area contributed by atoms with Crippen molar-refractivity contribution in [2.75, 3.05) is 6.54 Å². The Kier molecular flexibility index (Phi) is 3.42. The van der Waals surface area contributed by atoms with Crippen LogP contribution in [0, 0.1) is 0 Å². The second kappa shape index (κ2) is 5.36. The van der Waals surface area contributed by atoms with Gasteiger partial charge in [-0.2, -0.15) is 0 Å². The molecule has 1 fully saturated rings. The zero-order valence-corrected chi connectivity index (χ0v) is 10.5. The van der Waals surface area contributed by atoms with Gasteiger partial charge >= 0.3 is 0 Å². The number of rotatable bonds is 3. The Balaban J connectivity index is 1.98. The van der Waals surface area contributed by atoms with E-state index in [4.69, 9.17) is 0 Å². The minimum atomic E-state index is 0.481. The van der Waals surface area contributed by atoms with Crippen molar-refractivity contribution in [2.24, 2.45) is 0 Å². The maximum absolute atomic E-state index is 3.65. The Hall–Kier alpha value is -1.60.